The number of hydrogen-bond acceptors (Lipinski definition) is 8. The number of nitrogens with zero attached hydrogens (tertiary/aromatic N) is 3. The van der Waals surface area contributed by atoms with Gasteiger partial charge in [0.2, 0.25) is 5.91 Å². The average molecular weight is 469 g/mol. The molecule has 1 aromatic heterocycles. The predicted molar refractivity (Wildman–Crippen MR) is 118 cm³/mol. The van der Waals surface area contributed by atoms with Gasteiger partial charge in [0.15, 0.2) is 0 Å². The SMILES string of the molecule is CCC(CC)O[C@@H]1C=C(C(=O)O)C[C@H](n2cc(COCC(C)(CO)CO)nn2)[C@H]1NC(C)=O. The summed E-state index contributed by atoms with van der Waals surface area (Å²) in [5.74, 6) is -1.30. The Morgan fingerprint density at radius 2 is 1.97 bits per heavy atom. The molecule has 0 aromatic carbocycles. The van der Waals surface area contributed by atoms with E-state index in [-0.39, 0.29) is 50.4 Å². The molecule has 0 unspecified atom stereocenters. The number of ether oxygens (including phenoxy) is 2. The first kappa shape index (κ1) is 26.9. The summed E-state index contributed by atoms with van der Waals surface area (Å²) in [5, 5.41) is 39.6. The number of aliphatic hydroxyl groups excluding tert-OH is 2. The molecule has 0 radical (unpaired) electrons. The van der Waals surface area contributed by atoms with Crippen LogP contribution in [0, 0.1) is 5.41 Å². The average Bonchev–Trinajstić information content (AvgIpc) is 3.26. The summed E-state index contributed by atoms with van der Waals surface area (Å²) in [5.41, 5.74) is -0.0808. The molecule has 33 heavy (non-hydrogen) atoms. The quantitative estimate of drug-likeness (QED) is 0.329. The van der Waals surface area contributed by atoms with Gasteiger partial charge in [0, 0.05) is 24.3 Å². The molecule has 3 atom stereocenters. The number of carboxylic acids is 1. The van der Waals surface area contributed by atoms with Gasteiger partial charge in [0.25, 0.3) is 0 Å². The first-order valence-corrected chi connectivity index (χ1v) is 11.2. The van der Waals surface area contributed by atoms with Crippen LogP contribution in [0.5, 0.6) is 0 Å². The van der Waals surface area contributed by atoms with Gasteiger partial charge in [0.05, 0.1) is 56.9 Å². The molecule has 1 aliphatic carbocycles. The Morgan fingerprint density at radius 1 is 1.30 bits per heavy atom. The van der Waals surface area contributed by atoms with E-state index in [1.807, 2.05) is 13.8 Å². The normalized spacial score (nSPS) is 21.2. The minimum Gasteiger partial charge on any atom is -0.478 e. The van der Waals surface area contributed by atoms with Crippen molar-refractivity contribution in [2.75, 3.05) is 19.8 Å². The Kier molecular flexibility index (Phi) is 9.96. The van der Waals surface area contributed by atoms with Crippen LogP contribution in [0.2, 0.25) is 0 Å². The molecule has 1 aliphatic rings. The third kappa shape index (κ3) is 7.32. The maximum Gasteiger partial charge on any atom is 0.331 e. The van der Waals surface area contributed by atoms with Crippen LogP contribution in [0.25, 0.3) is 0 Å². The second kappa shape index (κ2) is 12.2. The topological polar surface area (TPSA) is 156 Å². The van der Waals surface area contributed by atoms with E-state index in [1.165, 1.54) is 11.6 Å². The van der Waals surface area contributed by atoms with E-state index in [0.29, 0.717) is 5.69 Å². The lowest BCUT2D eigenvalue weighted by Crippen LogP contribution is -2.52. The highest BCUT2D eigenvalue weighted by Crippen LogP contribution is 2.32. The number of nitrogens with one attached hydrogen (secondary N) is 1. The third-order valence-corrected chi connectivity index (χ3v) is 5.83. The minimum atomic E-state index is -1.05. The van der Waals surface area contributed by atoms with Crippen molar-refractivity contribution >= 4 is 11.9 Å². The number of rotatable bonds is 13. The Labute approximate surface area is 193 Å². The van der Waals surface area contributed by atoms with Crippen molar-refractivity contribution in [2.24, 2.45) is 5.41 Å². The highest BCUT2D eigenvalue weighted by atomic mass is 16.5. The molecule has 186 valence electrons. The van der Waals surface area contributed by atoms with Crippen LogP contribution in [-0.2, 0) is 25.7 Å². The van der Waals surface area contributed by atoms with Crippen molar-refractivity contribution < 1.29 is 34.4 Å². The largest absolute Gasteiger partial charge is 0.478 e. The van der Waals surface area contributed by atoms with E-state index in [0.717, 1.165) is 12.8 Å². The molecule has 0 fully saturated rings. The highest BCUT2D eigenvalue weighted by Gasteiger charge is 2.39. The van der Waals surface area contributed by atoms with Gasteiger partial charge in [-0.05, 0) is 18.9 Å². The summed E-state index contributed by atoms with van der Waals surface area (Å²) in [6.45, 7) is 6.87. The maximum atomic E-state index is 12.0. The minimum absolute atomic E-state index is 0.0802. The molecule has 0 bridgehead atoms. The molecule has 1 heterocycles. The van der Waals surface area contributed by atoms with Crippen molar-refractivity contribution in [3.8, 4) is 0 Å². The number of amides is 1. The number of aromatic nitrogens is 3. The summed E-state index contributed by atoms with van der Waals surface area (Å²) in [6, 6.07) is -1.06. The van der Waals surface area contributed by atoms with Gasteiger partial charge in [-0.2, -0.15) is 0 Å². The van der Waals surface area contributed by atoms with Gasteiger partial charge in [-0.25, -0.2) is 9.48 Å². The number of aliphatic hydroxyl groups is 2. The van der Waals surface area contributed by atoms with E-state index >= 15 is 0 Å². The Bertz CT molecular complexity index is 817. The molecule has 11 nitrogen and oxygen atoms in total. The highest BCUT2D eigenvalue weighted by molar-refractivity contribution is 5.87. The molecular formula is C22H36N4O7. The molecular weight excluding hydrogens is 432 g/mol. The summed E-state index contributed by atoms with van der Waals surface area (Å²) >= 11 is 0. The number of carbonyl (C=O) groups is 2. The van der Waals surface area contributed by atoms with E-state index in [4.69, 9.17) is 9.47 Å². The van der Waals surface area contributed by atoms with Crippen molar-refractivity contribution in [2.45, 2.75) is 77.9 Å². The number of carboxylic acid groups (broad SMARTS) is 1. The summed E-state index contributed by atoms with van der Waals surface area (Å²) in [7, 11) is 0. The summed E-state index contributed by atoms with van der Waals surface area (Å²) in [4.78, 5) is 23.8. The van der Waals surface area contributed by atoms with Gasteiger partial charge in [-0.15, -0.1) is 5.10 Å². The van der Waals surface area contributed by atoms with Gasteiger partial charge >= 0.3 is 5.97 Å². The lowest BCUT2D eigenvalue weighted by Gasteiger charge is -2.37. The van der Waals surface area contributed by atoms with Crippen molar-refractivity contribution in [3.63, 3.8) is 0 Å². The fourth-order valence-corrected chi connectivity index (χ4v) is 3.68. The van der Waals surface area contributed by atoms with Crippen LogP contribution in [0.3, 0.4) is 0 Å². The van der Waals surface area contributed by atoms with Crippen LogP contribution in [-0.4, -0.2) is 80.3 Å². The first-order chi connectivity index (χ1) is 15.7. The van der Waals surface area contributed by atoms with Crippen LogP contribution in [0.1, 0.15) is 58.7 Å². The molecule has 0 saturated carbocycles. The van der Waals surface area contributed by atoms with Crippen molar-refractivity contribution in [1.29, 1.82) is 0 Å². The van der Waals surface area contributed by atoms with Crippen LogP contribution in [0.15, 0.2) is 17.8 Å². The van der Waals surface area contributed by atoms with Crippen molar-refractivity contribution in [1.82, 2.24) is 20.3 Å². The van der Waals surface area contributed by atoms with Gasteiger partial charge in [-0.1, -0.05) is 26.0 Å². The molecule has 1 aromatic rings. The van der Waals surface area contributed by atoms with E-state index in [2.05, 4.69) is 15.6 Å². The Balaban J connectivity index is 2.25. The smallest absolute Gasteiger partial charge is 0.331 e. The second-order valence-corrected chi connectivity index (χ2v) is 8.84. The molecule has 0 spiro atoms. The lowest BCUT2D eigenvalue weighted by molar-refractivity contribution is -0.133. The summed E-state index contributed by atoms with van der Waals surface area (Å²) in [6.07, 6.45) is 4.15. The van der Waals surface area contributed by atoms with Crippen molar-refractivity contribution in [3.05, 3.63) is 23.5 Å². The Morgan fingerprint density at radius 3 is 2.52 bits per heavy atom. The fraction of sp³-hybridized carbons (Fsp3) is 0.727. The monoisotopic (exact) mass is 468 g/mol. The first-order valence-electron chi connectivity index (χ1n) is 11.2. The van der Waals surface area contributed by atoms with E-state index < -0.39 is 29.6 Å². The van der Waals surface area contributed by atoms with Gasteiger partial charge in [0.1, 0.15) is 5.69 Å². The number of aliphatic carboxylic acids is 1. The number of carbonyl (C=O) groups excluding carboxylic acids is 1. The molecule has 4 N–H and O–H groups in total. The number of hydrogen-bond donors (Lipinski definition) is 4. The molecule has 0 aliphatic heterocycles. The van der Waals surface area contributed by atoms with Gasteiger partial charge in [-0.3, -0.25) is 4.79 Å². The van der Waals surface area contributed by atoms with Crippen LogP contribution >= 0.6 is 0 Å². The zero-order valence-electron chi connectivity index (χ0n) is 19.7. The predicted octanol–water partition coefficient (Wildman–Crippen LogP) is 0.820. The van der Waals surface area contributed by atoms with Crippen LogP contribution < -0.4 is 5.32 Å². The molecule has 1 amide bonds. The third-order valence-electron chi connectivity index (χ3n) is 5.83. The fourth-order valence-electron chi connectivity index (χ4n) is 3.68. The molecule has 0 saturated heterocycles. The lowest BCUT2D eigenvalue weighted by atomic mass is 9.87. The Hall–Kier alpha value is -2.34. The zero-order valence-corrected chi connectivity index (χ0v) is 19.7. The standard InChI is InChI=1S/C22H36N4O7/c1-5-17(6-2)33-19-8-15(21(30)31)7-18(20(19)23-14(3)29)26-9-16(24-25-26)10-32-13-22(4,11-27)12-28/h8-9,17-20,27-28H,5-7,10-13H2,1-4H3,(H,23,29)(H,30,31)/t18-,19+,20+/m0/s1. The molecule has 2 rings (SSSR count). The second-order valence-electron chi connectivity index (χ2n) is 8.84. The molecule has 11 heteroatoms. The maximum absolute atomic E-state index is 12.0. The van der Waals surface area contributed by atoms with Gasteiger partial charge < -0.3 is 30.1 Å². The van der Waals surface area contributed by atoms with E-state index in [1.54, 1.807) is 19.2 Å². The summed E-state index contributed by atoms with van der Waals surface area (Å²) < 4.78 is 13.3. The van der Waals surface area contributed by atoms with E-state index in [9.17, 15) is 24.9 Å². The zero-order chi connectivity index (χ0) is 24.6. The van der Waals surface area contributed by atoms with Crippen LogP contribution in [0.4, 0.5) is 0 Å².